The van der Waals surface area contributed by atoms with Gasteiger partial charge in [-0.2, -0.15) is 0 Å². The van der Waals surface area contributed by atoms with E-state index in [9.17, 15) is 23.4 Å². The third kappa shape index (κ3) is 6.13. The zero-order valence-electron chi connectivity index (χ0n) is 20.8. The third-order valence-electron chi connectivity index (χ3n) is 6.96. The highest BCUT2D eigenvalue weighted by molar-refractivity contribution is 8.44. The van der Waals surface area contributed by atoms with Crippen molar-refractivity contribution in [3.8, 4) is 5.88 Å². The lowest BCUT2D eigenvalue weighted by molar-refractivity contribution is -0.0487. The molecule has 2 bridgehead atoms. The molecule has 1 saturated carbocycles. The summed E-state index contributed by atoms with van der Waals surface area (Å²) in [7, 11) is 0. The first kappa shape index (κ1) is 29.2. The molecule has 3 fully saturated rings. The monoisotopic (exact) mass is 651 g/mol. The molecule has 3 aliphatic rings. The first-order valence-electron chi connectivity index (χ1n) is 12.3. The van der Waals surface area contributed by atoms with Gasteiger partial charge in [-0.05, 0) is 6.42 Å². The fourth-order valence-electron chi connectivity index (χ4n) is 5.14. The lowest BCUT2D eigenvalue weighted by Crippen LogP contribution is -2.35. The fraction of sp³-hybridized carbons (Fsp3) is 0.524. The maximum Gasteiger partial charge on any atom is 0.386 e. The number of thiol groups is 2. The predicted molar refractivity (Wildman–Crippen MR) is 144 cm³/mol. The van der Waals surface area contributed by atoms with Crippen LogP contribution in [0, 0.1) is 11.7 Å². The quantitative estimate of drug-likeness (QED) is 0.240. The van der Waals surface area contributed by atoms with Crippen LogP contribution in [0.3, 0.4) is 0 Å². The van der Waals surface area contributed by atoms with Gasteiger partial charge in [-0.1, -0.05) is 24.5 Å². The molecule has 3 aromatic rings. The molecule has 2 N–H and O–H groups in total. The van der Waals surface area contributed by atoms with Gasteiger partial charge in [0.25, 0.3) is 5.56 Å². The van der Waals surface area contributed by atoms with Crippen molar-refractivity contribution >= 4 is 49.1 Å². The number of hydrogen-bond donors (Lipinski definition) is 4. The average molecular weight is 652 g/mol. The van der Waals surface area contributed by atoms with Gasteiger partial charge in [0, 0.05) is 30.8 Å². The third-order valence-corrected chi connectivity index (χ3v) is 10.2. The molecular weight excluding hydrogens is 627 g/mol. The number of aliphatic hydroxyl groups is 1. The lowest BCUT2D eigenvalue weighted by Gasteiger charge is -2.26. The van der Waals surface area contributed by atoms with Crippen molar-refractivity contribution in [1.82, 2.24) is 24.5 Å². The molecule has 5 heterocycles. The number of aromatic amines is 1. The number of hydrogen-bond acceptors (Lipinski definition) is 13. The van der Waals surface area contributed by atoms with E-state index in [4.69, 9.17) is 27.6 Å². The molecule has 15 nitrogen and oxygen atoms in total. The summed E-state index contributed by atoms with van der Waals surface area (Å²) in [6.45, 7) is -8.97. The molecule has 9 atom stereocenters. The van der Waals surface area contributed by atoms with E-state index in [1.54, 1.807) is 6.07 Å². The van der Waals surface area contributed by atoms with Crippen molar-refractivity contribution in [2.75, 3.05) is 13.2 Å². The Morgan fingerprint density at radius 1 is 1.12 bits per heavy atom. The number of nitrogens with one attached hydrogen (secondary N) is 1. The molecule has 2 saturated heterocycles. The number of fused-ring (bicyclic) bond motifs is 4. The molecule has 41 heavy (non-hydrogen) atoms. The second-order valence-corrected chi connectivity index (χ2v) is 15.4. The number of rotatable bonds is 3. The minimum absolute atomic E-state index is 0.124. The highest BCUT2D eigenvalue weighted by Crippen LogP contribution is 2.60. The van der Waals surface area contributed by atoms with E-state index in [1.165, 1.54) is 12.5 Å². The zero-order valence-corrected chi connectivity index (χ0v) is 24.4. The fourth-order valence-corrected chi connectivity index (χ4v) is 8.20. The predicted octanol–water partition coefficient (Wildman–Crippen LogP) is 2.66. The molecule has 0 spiro atoms. The first-order valence-corrected chi connectivity index (χ1v) is 17.7. The van der Waals surface area contributed by atoms with Gasteiger partial charge in [-0.25, -0.2) is 28.5 Å². The van der Waals surface area contributed by atoms with E-state index >= 15 is 0 Å². The molecular formula is C21H24FN5O10P2S2. The van der Waals surface area contributed by atoms with Crippen molar-refractivity contribution in [3.63, 3.8) is 0 Å². The molecule has 0 radical (unpaired) electrons. The SMILES string of the molecule is O=c1[nH]cnc2c1c(F)cn2[C@@H]1O[C@@H]2COP(=O)(S)O[C@H]3C[C@H](Oc4ccncn4)CC3COP(=O)(S)O[C@@H]1[C@@H]2O. The van der Waals surface area contributed by atoms with Gasteiger partial charge in [-0.3, -0.25) is 18.4 Å². The molecule has 3 unspecified atom stereocenters. The Labute approximate surface area is 241 Å². The minimum Gasteiger partial charge on any atom is -0.474 e. The Balaban J connectivity index is 1.28. The van der Waals surface area contributed by atoms with Gasteiger partial charge in [-0.15, -0.1) is 0 Å². The van der Waals surface area contributed by atoms with Crippen LogP contribution in [0.4, 0.5) is 4.39 Å². The van der Waals surface area contributed by atoms with Crippen LogP contribution in [0.25, 0.3) is 11.0 Å². The van der Waals surface area contributed by atoms with E-state index in [0.29, 0.717) is 12.3 Å². The maximum atomic E-state index is 14.7. The van der Waals surface area contributed by atoms with E-state index in [0.717, 1.165) is 17.1 Å². The van der Waals surface area contributed by atoms with Crippen LogP contribution >= 0.6 is 38.1 Å². The summed E-state index contributed by atoms with van der Waals surface area (Å²) >= 11 is 8.19. The number of aliphatic hydroxyl groups excluding tert-OH is 1. The number of H-pyrrole nitrogens is 1. The zero-order chi connectivity index (χ0) is 28.9. The van der Waals surface area contributed by atoms with Crippen LogP contribution in [0.2, 0.25) is 0 Å². The number of aromatic nitrogens is 5. The van der Waals surface area contributed by atoms with Crippen LogP contribution in [-0.4, -0.2) is 73.3 Å². The molecule has 1 aliphatic carbocycles. The van der Waals surface area contributed by atoms with Crippen molar-refractivity contribution < 1.29 is 46.2 Å². The van der Waals surface area contributed by atoms with Gasteiger partial charge in [0.2, 0.25) is 5.88 Å². The summed E-state index contributed by atoms with van der Waals surface area (Å²) in [5.41, 5.74) is -0.866. The van der Waals surface area contributed by atoms with Gasteiger partial charge < -0.3 is 28.7 Å². The van der Waals surface area contributed by atoms with Crippen molar-refractivity contribution in [2.24, 2.45) is 5.92 Å². The van der Waals surface area contributed by atoms with Crippen molar-refractivity contribution in [3.05, 3.63) is 47.3 Å². The second-order valence-electron chi connectivity index (χ2n) is 9.63. The maximum absolute atomic E-state index is 14.7. The normalized spacial score (nSPS) is 38.1. The standard InChI is InChI=1S/C21H24FN5O10P2S2/c22-12-5-27(19-16(12)20(29)26-9-25-19)21-18-17(28)14(35-21)7-33-38(30,40)36-13-4-11(34-15-1-2-23-8-24-15)3-10(13)6-32-39(31,41)37-18/h1-2,5,8-11,13-14,17-18,21,28H,3-4,6-7H2,(H,30,40)(H,31,41)(H,25,26,29)/t10?,11-,13+,14-,17-,18-,21-,38?,39?/m1/s1. The van der Waals surface area contributed by atoms with Gasteiger partial charge in [0.15, 0.2) is 17.7 Å². The Morgan fingerprint density at radius 2 is 1.90 bits per heavy atom. The summed E-state index contributed by atoms with van der Waals surface area (Å²) in [4.78, 5) is 26.4. The second kappa shape index (κ2) is 11.3. The Hall–Kier alpha value is -1.85. The molecule has 6 rings (SSSR count). The Morgan fingerprint density at radius 3 is 2.68 bits per heavy atom. The van der Waals surface area contributed by atoms with Gasteiger partial charge in [0.05, 0.1) is 25.6 Å². The molecule has 0 amide bonds. The highest BCUT2D eigenvalue weighted by Gasteiger charge is 2.51. The summed E-state index contributed by atoms with van der Waals surface area (Å²) < 4.78 is 76.7. The van der Waals surface area contributed by atoms with E-state index in [1.807, 2.05) is 0 Å². The number of halogens is 1. The first-order chi connectivity index (χ1) is 19.5. The average Bonchev–Trinajstić information content (AvgIpc) is 3.55. The topological polar surface area (TPSA) is 186 Å². The Bertz CT molecular complexity index is 1580. The molecule has 0 aromatic carbocycles. The summed E-state index contributed by atoms with van der Waals surface area (Å²) in [5.74, 6) is -1.08. The Kier molecular flexibility index (Phi) is 8.08. The van der Waals surface area contributed by atoms with E-state index < -0.39 is 74.2 Å². The summed E-state index contributed by atoms with van der Waals surface area (Å²) in [6, 6.07) is 1.58. The molecule has 2 aliphatic heterocycles. The van der Waals surface area contributed by atoms with Crippen molar-refractivity contribution in [2.45, 2.75) is 49.6 Å². The summed E-state index contributed by atoms with van der Waals surface area (Å²) in [6.07, 6.45) is -1.33. The van der Waals surface area contributed by atoms with Crippen LogP contribution in [0.5, 0.6) is 5.88 Å². The van der Waals surface area contributed by atoms with Crippen LogP contribution in [-0.2, 0) is 32.0 Å². The number of ether oxygens (including phenoxy) is 2. The van der Waals surface area contributed by atoms with Crippen LogP contribution < -0.4 is 10.3 Å². The number of nitrogens with zero attached hydrogens (tertiary/aromatic N) is 4. The van der Waals surface area contributed by atoms with Crippen LogP contribution in [0.15, 0.2) is 35.9 Å². The van der Waals surface area contributed by atoms with Crippen molar-refractivity contribution in [1.29, 1.82) is 0 Å². The van der Waals surface area contributed by atoms with Gasteiger partial charge in [0.1, 0.15) is 36.1 Å². The van der Waals surface area contributed by atoms with E-state index in [-0.39, 0.29) is 24.1 Å². The molecule has 20 heteroatoms. The smallest absolute Gasteiger partial charge is 0.386 e. The summed E-state index contributed by atoms with van der Waals surface area (Å²) in [5, 5.41) is 10.7. The molecule has 3 aromatic heterocycles. The van der Waals surface area contributed by atoms with E-state index in [2.05, 4.69) is 44.4 Å². The highest BCUT2D eigenvalue weighted by atomic mass is 32.7. The minimum atomic E-state index is -4.21. The molecule has 222 valence electrons. The largest absolute Gasteiger partial charge is 0.474 e. The van der Waals surface area contributed by atoms with Crippen LogP contribution in [0.1, 0.15) is 19.1 Å². The van der Waals surface area contributed by atoms with Gasteiger partial charge >= 0.3 is 13.6 Å². The lowest BCUT2D eigenvalue weighted by atomic mass is 10.1.